The van der Waals surface area contributed by atoms with E-state index in [4.69, 9.17) is 16.3 Å². The number of amides is 1. The zero-order valence-electron chi connectivity index (χ0n) is 24.8. The number of aromatic nitrogens is 4. The molecule has 14 nitrogen and oxygen atoms in total. The molecule has 0 fully saturated rings. The summed E-state index contributed by atoms with van der Waals surface area (Å²) in [6.45, 7) is 2.88. The van der Waals surface area contributed by atoms with Gasteiger partial charge in [-0.05, 0) is 61.0 Å². The lowest BCUT2D eigenvalue weighted by Gasteiger charge is -2.14. The third-order valence-corrected chi connectivity index (χ3v) is 7.48. The van der Waals surface area contributed by atoms with Crippen LogP contribution in [0, 0.1) is 18.3 Å². The Hall–Kier alpha value is -5.11. The largest absolute Gasteiger partial charge is 0.744 e. The van der Waals surface area contributed by atoms with Gasteiger partial charge in [0.05, 0.1) is 41.9 Å². The molecule has 1 amide bonds. The molecule has 0 spiro atoms. The van der Waals surface area contributed by atoms with Crippen LogP contribution < -0.4 is 16.0 Å². The normalized spacial score (nSPS) is 10.7. The molecule has 0 aliphatic rings. The molecule has 2 aromatic carbocycles. The Morgan fingerprint density at radius 2 is 1.87 bits per heavy atom. The molecule has 0 aliphatic heterocycles. The molecule has 0 radical (unpaired) electrons. The molecule has 0 atom stereocenters. The second-order valence-electron chi connectivity index (χ2n) is 9.71. The molecular formula is C30H30ClN7O7S. The second kappa shape index (κ2) is 15.3. The van der Waals surface area contributed by atoms with Crippen LogP contribution in [0.15, 0.2) is 88.8 Å². The lowest BCUT2D eigenvalue weighted by Crippen LogP contribution is -2.55. The fourth-order valence-electron chi connectivity index (χ4n) is 4.20. The molecule has 0 unspecified atom stereocenters. The summed E-state index contributed by atoms with van der Waals surface area (Å²) in [6.07, 6.45) is 3.23. The van der Waals surface area contributed by atoms with Crippen molar-refractivity contribution >= 4 is 38.8 Å². The van der Waals surface area contributed by atoms with Gasteiger partial charge in [-0.25, -0.2) is 18.2 Å². The van der Waals surface area contributed by atoms with Crippen LogP contribution in [-0.2, 0) is 16.7 Å². The number of hydrogen-bond donors (Lipinski definition) is 1. The van der Waals surface area contributed by atoms with Crippen LogP contribution in [-0.4, -0.2) is 68.8 Å². The predicted octanol–water partition coefficient (Wildman–Crippen LogP) is 2.17. The topological polar surface area (TPSA) is 222 Å². The Morgan fingerprint density at radius 3 is 2.50 bits per heavy atom. The van der Waals surface area contributed by atoms with E-state index < -0.39 is 15.7 Å². The number of nitrogens with zero attached hydrogens (tertiary/aromatic N) is 6. The number of likely N-dealkylation sites (N-methyl/N-ethyl adjacent to an activating group) is 1. The Bertz CT molecular complexity index is 2060. The van der Waals surface area contributed by atoms with Crippen molar-refractivity contribution in [1.29, 1.82) is 5.26 Å². The Kier molecular flexibility index (Phi) is 11.7. The van der Waals surface area contributed by atoms with E-state index in [1.807, 2.05) is 12.1 Å². The Balaban J connectivity index is 0.000000448. The third kappa shape index (κ3) is 8.33. The zero-order valence-corrected chi connectivity index (χ0v) is 26.3. The van der Waals surface area contributed by atoms with Gasteiger partial charge < -0.3 is 30.0 Å². The van der Waals surface area contributed by atoms with Crippen LogP contribution in [0.5, 0.6) is 11.5 Å². The lowest BCUT2D eigenvalue weighted by atomic mass is 10.2. The molecule has 240 valence electrons. The van der Waals surface area contributed by atoms with Gasteiger partial charge in [-0.2, -0.15) is 15.0 Å². The van der Waals surface area contributed by atoms with Crippen LogP contribution >= 0.6 is 11.6 Å². The molecule has 0 saturated carbocycles. The minimum Gasteiger partial charge on any atom is -0.744 e. The van der Waals surface area contributed by atoms with E-state index >= 15 is 0 Å². The maximum Gasteiger partial charge on any atom is 0.346 e. The van der Waals surface area contributed by atoms with Gasteiger partial charge in [0.2, 0.25) is 0 Å². The highest BCUT2D eigenvalue weighted by molar-refractivity contribution is 7.85. The molecule has 0 bridgehead atoms. The number of aryl methyl sites for hydroxylation is 1. The number of carbonyl (C=O) groups excluding carboxylic acids is 1. The van der Waals surface area contributed by atoms with E-state index in [-0.39, 0.29) is 34.4 Å². The summed E-state index contributed by atoms with van der Waals surface area (Å²) in [5.74, 6) is 0.386. The second-order valence-corrected chi connectivity index (χ2v) is 11.5. The Labute approximate surface area is 268 Å². The summed E-state index contributed by atoms with van der Waals surface area (Å²) in [5.41, 5.74) is 5.24. The number of ether oxygens (including phenoxy) is 1. The molecule has 0 aliphatic carbocycles. The molecule has 5 aromatic rings. The number of fused-ring (bicyclic) bond motifs is 1. The minimum atomic E-state index is -4.25. The van der Waals surface area contributed by atoms with E-state index in [2.05, 4.69) is 15.8 Å². The van der Waals surface area contributed by atoms with Crippen LogP contribution in [0.4, 0.5) is 4.79 Å². The summed E-state index contributed by atoms with van der Waals surface area (Å²) in [6, 6.07) is 18.7. The van der Waals surface area contributed by atoms with E-state index in [0.29, 0.717) is 46.0 Å². The van der Waals surface area contributed by atoms with Crippen LogP contribution in [0.3, 0.4) is 0 Å². The van der Waals surface area contributed by atoms with Gasteiger partial charge in [0.15, 0.2) is 11.4 Å². The lowest BCUT2D eigenvalue weighted by molar-refractivity contribution is -0.367. The third-order valence-electron chi connectivity index (χ3n) is 6.41. The van der Waals surface area contributed by atoms with Crippen molar-refractivity contribution in [3.8, 4) is 17.6 Å². The van der Waals surface area contributed by atoms with Crippen molar-refractivity contribution in [2.24, 2.45) is 0 Å². The van der Waals surface area contributed by atoms with Gasteiger partial charge in [-0.1, -0.05) is 29.8 Å². The van der Waals surface area contributed by atoms with Crippen molar-refractivity contribution < 1.29 is 33.7 Å². The highest BCUT2D eigenvalue weighted by atomic mass is 35.5. The Morgan fingerprint density at radius 1 is 1.15 bits per heavy atom. The summed E-state index contributed by atoms with van der Waals surface area (Å²) in [7, 11) is -2.58. The van der Waals surface area contributed by atoms with E-state index in [9.17, 15) is 27.8 Å². The molecule has 0 saturated heterocycles. The highest BCUT2D eigenvalue weighted by Crippen LogP contribution is 2.26. The first kappa shape index (κ1) is 35.4. The number of nitriles is 1. The molecule has 3 heterocycles. The number of hydrogen-bond acceptors (Lipinski definition) is 9. The van der Waals surface area contributed by atoms with Gasteiger partial charge in [0.1, 0.15) is 15.9 Å². The van der Waals surface area contributed by atoms with Crippen molar-refractivity contribution in [2.75, 3.05) is 20.1 Å². The first-order chi connectivity index (χ1) is 21.4. The smallest absolute Gasteiger partial charge is 0.346 e. The van der Waals surface area contributed by atoms with E-state index in [1.54, 1.807) is 44.6 Å². The summed E-state index contributed by atoms with van der Waals surface area (Å²) < 4.78 is 39.4. The molecule has 5 rings (SSSR count). The molecule has 5 N–H and O–H groups in total. The molecule has 46 heavy (non-hydrogen) atoms. The fraction of sp³-hybridized carbons (Fsp3) is 0.167. The standard InChI is InChI=1S/C24H22ClN7O3.C6H6O3S.H2O/c1-15-5-8-31(23(33)21(15)35-18-11-16(13-27)10-17(25)12-18)14-20-19-4-3-7-28-22(19)32(29-20)24(34)30(2)9-6-26;7-10(8,9)6-4-2-1-3-5-6;/h3-5,7-8,10-12H,6,9,14,26H2,1-2H3;1-5H,(H,7,8,9);1H2. The summed E-state index contributed by atoms with van der Waals surface area (Å²) in [4.78, 5) is 31.9. The number of carbonyl (C=O) groups is 1. The van der Waals surface area contributed by atoms with E-state index in [0.717, 1.165) is 0 Å². The number of halogens is 1. The van der Waals surface area contributed by atoms with Gasteiger partial charge in [0.25, 0.3) is 5.56 Å². The monoisotopic (exact) mass is 667 g/mol. The predicted molar refractivity (Wildman–Crippen MR) is 168 cm³/mol. The van der Waals surface area contributed by atoms with Crippen LogP contribution in [0.25, 0.3) is 11.0 Å². The quantitative estimate of drug-likeness (QED) is 0.251. The van der Waals surface area contributed by atoms with Crippen molar-refractivity contribution in [3.63, 3.8) is 0 Å². The van der Waals surface area contributed by atoms with Crippen LogP contribution in [0.1, 0.15) is 16.8 Å². The molecule has 16 heteroatoms. The average molecular weight is 668 g/mol. The molecule has 3 aromatic heterocycles. The number of pyridine rings is 2. The maximum absolute atomic E-state index is 13.3. The van der Waals surface area contributed by atoms with Gasteiger partial charge >= 0.3 is 6.03 Å². The van der Waals surface area contributed by atoms with Crippen LogP contribution in [0.2, 0.25) is 5.02 Å². The first-order valence-electron chi connectivity index (χ1n) is 13.4. The average Bonchev–Trinajstić information content (AvgIpc) is 3.38. The van der Waals surface area contributed by atoms with Crippen molar-refractivity contribution in [3.05, 3.63) is 111 Å². The zero-order chi connectivity index (χ0) is 32.7. The number of benzene rings is 2. The SMILES string of the molecule is Cc1ccn(Cc2nn(C(=O)N(C)CC[NH3+])c3ncccc23)c(=O)c1Oc1cc(Cl)cc(C#N)c1.O.O=S(=O)([O-])c1ccccc1. The van der Waals surface area contributed by atoms with E-state index in [1.165, 1.54) is 56.6 Å². The highest BCUT2D eigenvalue weighted by Gasteiger charge is 2.21. The molecular weight excluding hydrogens is 638 g/mol. The van der Waals surface area contributed by atoms with Gasteiger partial charge in [-0.15, -0.1) is 0 Å². The summed E-state index contributed by atoms with van der Waals surface area (Å²) >= 11 is 6.07. The number of rotatable bonds is 7. The van der Waals surface area contributed by atoms with Gasteiger partial charge in [0, 0.05) is 29.9 Å². The minimum absolute atomic E-state index is 0. The fourth-order valence-corrected chi connectivity index (χ4v) is 4.92. The number of quaternary nitrogens is 1. The maximum atomic E-state index is 13.3. The van der Waals surface area contributed by atoms with Crippen molar-refractivity contribution in [1.82, 2.24) is 24.2 Å². The van der Waals surface area contributed by atoms with Gasteiger partial charge in [-0.3, -0.25) is 4.79 Å². The summed E-state index contributed by atoms with van der Waals surface area (Å²) in [5, 5.41) is 14.7. The van der Waals surface area contributed by atoms with Crippen molar-refractivity contribution in [2.45, 2.75) is 18.4 Å². The first-order valence-corrected chi connectivity index (χ1v) is 15.2.